The van der Waals surface area contributed by atoms with E-state index in [0.29, 0.717) is 26.6 Å². The molecule has 0 bridgehead atoms. The number of carbonyl (C=O) groups excluding carboxylic acids is 1. The number of rotatable bonds is 4. The summed E-state index contributed by atoms with van der Waals surface area (Å²) in [5.41, 5.74) is 3.50. The van der Waals surface area contributed by atoms with Gasteiger partial charge >= 0.3 is 0 Å². The summed E-state index contributed by atoms with van der Waals surface area (Å²) in [5.74, 6) is -0.953. The monoisotopic (exact) mass is 425 g/mol. The van der Waals surface area contributed by atoms with Crippen molar-refractivity contribution in [3.63, 3.8) is 0 Å². The number of nitrogens with one attached hydrogen (secondary N) is 3. The zero-order valence-electron chi connectivity index (χ0n) is 15.5. The Balaban J connectivity index is 1.53. The molecule has 0 unspecified atom stereocenters. The molecule has 2 aromatic carbocycles. The molecule has 0 saturated heterocycles. The predicted octanol–water partition coefficient (Wildman–Crippen LogP) is 5.17. The Morgan fingerprint density at radius 3 is 2.45 bits per heavy atom. The lowest BCUT2D eigenvalue weighted by atomic mass is 10.1. The number of fused-ring (bicyclic) bond motifs is 1. The summed E-state index contributed by atoms with van der Waals surface area (Å²) in [6, 6.07) is 11.7. The van der Waals surface area contributed by atoms with Gasteiger partial charge in [0.05, 0.1) is 16.6 Å². The van der Waals surface area contributed by atoms with Crippen molar-refractivity contribution in [2.24, 2.45) is 0 Å². The third kappa shape index (κ3) is 4.36. The molecule has 0 radical (unpaired) electrons. The molecule has 29 heavy (non-hydrogen) atoms. The fourth-order valence-corrected chi connectivity index (χ4v) is 4.01. The number of halogens is 1. The number of aromatic amines is 2. The molecule has 6 nitrogen and oxygen atoms in total. The maximum Gasteiger partial charge on any atom is 0.257 e. The second-order valence-corrected chi connectivity index (χ2v) is 7.92. The van der Waals surface area contributed by atoms with Gasteiger partial charge in [0, 0.05) is 22.0 Å². The second kappa shape index (κ2) is 7.76. The van der Waals surface area contributed by atoms with Gasteiger partial charge in [0.15, 0.2) is 9.93 Å². The fourth-order valence-electron chi connectivity index (χ4n) is 2.94. The molecule has 1 amide bonds. The summed E-state index contributed by atoms with van der Waals surface area (Å²) in [4.78, 5) is 28.1. The van der Waals surface area contributed by atoms with E-state index < -0.39 is 11.7 Å². The Bertz CT molecular complexity index is 1260. The first-order chi connectivity index (χ1) is 13.9. The number of hydrogen-bond donors (Lipinski definition) is 3. The zero-order chi connectivity index (χ0) is 20.5. The highest BCUT2D eigenvalue weighted by Gasteiger charge is 2.14. The maximum absolute atomic E-state index is 13.9. The van der Waals surface area contributed by atoms with Gasteiger partial charge in [0.1, 0.15) is 5.82 Å². The van der Waals surface area contributed by atoms with Crippen LogP contribution in [0.4, 0.5) is 10.1 Å². The Kier molecular flexibility index (Phi) is 5.16. The van der Waals surface area contributed by atoms with Crippen LogP contribution < -0.4 is 5.32 Å². The first-order valence-corrected chi connectivity index (χ1v) is 9.93. The van der Waals surface area contributed by atoms with Crippen LogP contribution in [0.25, 0.3) is 11.0 Å². The summed E-state index contributed by atoms with van der Waals surface area (Å²) in [7, 11) is 0. The van der Waals surface area contributed by atoms with Gasteiger partial charge < -0.3 is 15.3 Å². The molecular formula is C20H16FN5OS2. The van der Waals surface area contributed by atoms with Crippen LogP contribution in [-0.2, 0) is 0 Å². The molecule has 0 spiro atoms. The van der Waals surface area contributed by atoms with Crippen molar-refractivity contribution >= 4 is 46.6 Å². The second-order valence-electron chi connectivity index (χ2n) is 6.47. The number of amides is 1. The third-order valence-corrected chi connectivity index (χ3v) is 5.19. The highest BCUT2D eigenvalue weighted by atomic mass is 32.2. The molecule has 0 atom stereocenters. The molecule has 4 rings (SSSR count). The average Bonchev–Trinajstić information content (AvgIpc) is 3.01. The minimum atomic E-state index is -0.520. The Labute approximate surface area is 175 Å². The van der Waals surface area contributed by atoms with E-state index in [-0.39, 0.29) is 5.56 Å². The van der Waals surface area contributed by atoms with Gasteiger partial charge in [0.2, 0.25) is 0 Å². The molecule has 2 heterocycles. The van der Waals surface area contributed by atoms with Gasteiger partial charge in [-0.05, 0) is 80.3 Å². The van der Waals surface area contributed by atoms with Crippen molar-refractivity contribution in [2.45, 2.75) is 23.9 Å². The van der Waals surface area contributed by atoms with Crippen LogP contribution in [0.2, 0.25) is 0 Å². The Morgan fingerprint density at radius 2 is 1.76 bits per heavy atom. The zero-order valence-corrected chi connectivity index (χ0v) is 17.2. The maximum atomic E-state index is 13.9. The molecule has 0 aliphatic heterocycles. The SMILES string of the molecule is Cc1cc(C)nc(Sc2ccc(NC(=O)c3cc(F)cc4[nH]c(=S)[nH]c34)cc2)n1. The van der Waals surface area contributed by atoms with Crippen LogP contribution in [0, 0.1) is 24.4 Å². The molecular weight excluding hydrogens is 409 g/mol. The van der Waals surface area contributed by atoms with Gasteiger partial charge in [-0.3, -0.25) is 4.79 Å². The van der Waals surface area contributed by atoms with E-state index in [4.69, 9.17) is 12.2 Å². The van der Waals surface area contributed by atoms with Crippen molar-refractivity contribution in [3.8, 4) is 0 Å². The lowest BCUT2D eigenvalue weighted by Crippen LogP contribution is -2.12. The van der Waals surface area contributed by atoms with E-state index in [0.717, 1.165) is 16.3 Å². The average molecular weight is 426 g/mol. The first kappa shape index (κ1) is 19.3. The predicted molar refractivity (Wildman–Crippen MR) is 113 cm³/mol. The fraction of sp³-hybridized carbons (Fsp3) is 0.100. The highest BCUT2D eigenvalue weighted by Crippen LogP contribution is 2.27. The molecule has 0 saturated carbocycles. The summed E-state index contributed by atoms with van der Waals surface area (Å²) in [6.07, 6.45) is 0. The van der Waals surface area contributed by atoms with Gasteiger partial charge in [0.25, 0.3) is 5.91 Å². The van der Waals surface area contributed by atoms with E-state index in [1.54, 1.807) is 12.1 Å². The van der Waals surface area contributed by atoms with Crippen molar-refractivity contribution < 1.29 is 9.18 Å². The number of carbonyl (C=O) groups is 1. The number of nitrogens with zero attached hydrogens (tertiary/aromatic N) is 2. The smallest absolute Gasteiger partial charge is 0.257 e. The van der Waals surface area contributed by atoms with Crippen molar-refractivity contribution in [1.29, 1.82) is 0 Å². The molecule has 2 aromatic heterocycles. The van der Waals surface area contributed by atoms with Crippen LogP contribution in [0.5, 0.6) is 0 Å². The number of imidazole rings is 1. The quantitative estimate of drug-likeness (QED) is 0.310. The lowest BCUT2D eigenvalue weighted by Gasteiger charge is -2.08. The van der Waals surface area contributed by atoms with Crippen LogP contribution in [0.3, 0.4) is 0 Å². The normalized spacial score (nSPS) is 11.0. The van der Waals surface area contributed by atoms with Crippen LogP contribution in [-0.4, -0.2) is 25.8 Å². The third-order valence-electron chi connectivity index (χ3n) is 4.12. The molecule has 146 valence electrons. The van der Waals surface area contributed by atoms with Crippen LogP contribution in [0.1, 0.15) is 21.7 Å². The topological polar surface area (TPSA) is 86.5 Å². The molecule has 0 aliphatic rings. The summed E-state index contributed by atoms with van der Waals surface area (Å²) < 4.78 is 14.2. The Morgan fingerprint density at radius 1 is 1.07 bits per heavy atom. The molecule has 0 fully saturated rings. The van der Waals surface area contributed by atoms with Crippen LogP contribution in [0.15, 0.2) is 52.5 Å². The largest absolute Gasteiger partial charge is 0.331 e. The standard InChI is InChI=1S/C20H16FN5OS2/c1-10-7-11(2)23-20(22-10)29-14-5-3-13(4-6-14)24-18(27)15-8-12(21)9-16-17(15)26-19(28)25-16/h3-9H,1-2H3,(H,24,27)(H2,25,26,28). The lowest BCUT2D eigenvalue weighted by molar-refractivity contribution is 0.102. The van der Waals surface area contributed by atoms with Crippen molar-refractivity contribution in [2.75, 3.05) is 5.32 Å². The van der Waals surface area contributed by atoms with Crippen LogP contribution >= 0.6 is 24.0 Å². The number of aryl methyl sites for hydroxylation is 2. The highest BCUT2D eigenvalue weighted by molar-refractivity contribution is 7.99. The van der Waals surface area contributed by atoms with Crippen molar-refractivity contribution in [3.05, 3.63) is 70.0 Å². The van der Waals surface area contributed by atoms with E-state index in [2.05, 4.69) is 25.3 Å². The molecule has 9 heteroatoms. The van der Waals surface area contributed by atoms with Gasteiger partial charge in [-0.25, -0.2) is 14.4 Å². The van der Waals surface area contributed by atoms with Crippen molar-refractivity contribution in [1.82, 2.24) is 19.9 Å². The number of benzene rings is 2. The Hall–Kier alpha value is -3.04. The first-order valence-electron chi connectivity index (χ1n) is 8.70. The molecule has 0 aliphatic carbocycles. The van der Waals surface area contributed by atoms with Gasteiger partial charge in [-0.1, -0.05) is 0 Å². The van der Waals surface area contributed by atoms with Gasteiger partial charge in [-0.2, -0.15) is 0 Å². The van der Waals surface area contributed by atoms with Gasteiger partial charge in [-0.15, -0.1) is 0 Å². The minimum absolute atomic E-state index is 0.175. The number of aromatic nitrogens is 4. The van der Waals surface area contributed by atoms with E-state index in [9.17, 15) is 9.18 Å². The van der Waals surface area contributed by atoms with E-state index in [1.165, 1.54) is 23.9 Å². The molecule has 3 N–H and O–H groups in total. The summed E-state index contributed by atoms with van der Waals surface area (Å²) in [6.45, 7) is 3.86. The minimum Gasteiger partial charge on any atom is -0.331 e. The van der Waals surface area contributed by atoms with E-state index >= 15 is 0 Å². The summed E-state index contributed by atoms with van der Waals surface area (Å²) in [5, 5.41) is 3.45. The summed E-state index contributed by atoms with van der Waals surface area (Å²) >= 11 is 6.48. The molecule has 4 aromatic rings. The number of H-pyrrole nitrogens is 2. The van der Waals surface area contributed by atoms with E-state index in [1.807, 2.05) is 32.0 Å². The number of hydrogen-bond acceptors (Lipinski definition) is 5. The number of anilines is 1.